The van der Waals surface area contributed by atoms with E-state index in [1.54, 1.807) is 24.3 Å². The van der Waals surface area contributed by atoms with Gasteiger partial charge in [0.25, 0.3) is 5.56 Å². The Hall–Kier alpha value is -3.52. The van der Waals surface area contributed by atoms with Gasteiger partial charge in [-0.3, -0.25) is 14.2 Å². The molecule has 0 aliphatic heterocycles. The Kier molecular flexibility index (Phi) is 5.33. The first-order valence-corrected chi connectivity index (χ1v) is 10.0. The molecule has 2 aromatic heterocycles. The highest BCUT2D eigenvalue weighted by atomic mass is 32.1. The van der Waals surface area contributed by atoms with Crippen LogP contribution in [0.4, 0.5) is 10.1 Å². The van der Waals surface area contributed by atoms with Crippen molar-refractivity contribution in [3.8, 4) is 16.9 Å². The second kappa shape index (κ2) is 8.08. The van der Waals surface area contributed by atoms with Crippen LogP contribution in [-0.2, 0) is 11.3 Å². The van der Waals surface area contributed by atoms with Crippen LogP contribution >= 0.6 is 11.3 Å². The van der Waals surface area contributed by atoms with Crippen molar-refractivity contribution in [1.82, 2.24) is 9.55 Å². The molecule has 0 spiro atoms. The lowest BCUT2D eigenvalue weighted by atomic mass is 10.1. The van der Waals surface area contributed by atoms with Crippen molar-refractivity contribution in [2.75, 3.05) is 12.4 Å². The van der Waals surface area contributed by atoms with E-state index in [2.05, 4.69) is 10.3 Å². The minimum atomic E-state index is -0.363. The number of benzene rings is 2. The van der Waals surface area contributed by atoms with Gasteiger partial charge >= 0.3 is 0 Å². The topological polar surface area (TPSA) is 73.2 Å². The maximum Gasteiger partial charge on any atom is 0.271 e. The first-order valence-electron chi connectivity index (χ1n) is 9.13. The first kappa shape index (κ1) is 19.8. The molecule has 0 radical (unpaired) electrons. The Balaban J connectivity index is 1.60. The van der Waals surface area contributed by atoms with Crippen molar-refractivity contribution in [1.29, 1.82) is 0 Å². The number of aromatic nitrogens is 2. The van der Waals surface area contributed by atoms with Gasteiger partial charge in [0.05, 0.1) is 24.6 Å². The maximum absolute atomic E-state index is 13.2. The molecule has 1 amide bonds. The molecule has 0 atom stereocenters. The lowest BCUT2D eigenvalue weighted by molar-refractivity contribution is -0.116. The Morgan fingerprint density at radius 2 is 2.00 bits per heavy atom. The van der Waals surface area contributed by atoms with Gasteiger partial charge in [-0.05, 0) is 42.3 Å². The number of nitrogens with zero attached hydrogens (tertiary/aromatic N) is 2. The fourth-order valence-electron chi connectivity index (χ4n) is 3.15. The Morgan fingerprint density at radius 1 is 1.23 bits per heavy atom. The van der Waals surface area contributed by atoms with E-state index < -0.39 is 0 Å². The molecule has 4 aromatic rings. The molecule has 0 saturated carbocycles. The molecule has 0 aliphatic rings. The molecule has 0 unspecified atom stereocenters. The standard InChI is InChI=1S/C22H18FN3O3S/c1-13-3-8-18(29-2)17(9-13)25-19(27)10-26-12-24-20-16(11-30-21(20)22(26)28)14-4-6-15(23)7-5-14/h3-9,11-12H,10H2,1-2H3,(H,25,27). The number of ether oxygens (including phenoxy) is 1. The molecular formula is C22H18FN3O3S. The normalized spacial score (nSPS) is 10.9. The molecule has 0 bridgehead atoms. The van der Waals surface area contributed by atoms with Crippen LogP contribution in [0.2, 0.25) is 0 Å². The van der Waals surface area contributed by atoms with E-state index in [1.807, 2.05) is 18.4 Å². The summed E-state index contributed by atoms with van der Waals surface area (Å²) in [7, 11) is 1.53. The highest BCUT2D eigenvalue weighted by molar-refractivity contribution is 7.17. The van der Waals surface area contributed by atoms with Crippen molar-refractivity contribution < 1.29 is 13.9 Å². The summed E-state index contributed by atoms with van der Waals surface area (Å²) in [5.41, 5.74) is 3.28. The lowest BCUT2D eigenvalue weighted by Gasteiger charge is -2.11. The van der Waals surface area contributed by atoms with Crippen molar-refractivity contribution in [3.05, 3.63) is 75.9 Å². The summed E-state index contributed by atoms with van der Waals surface area (Å²) in [6.07, 6.45) is 1.36. The lowest BCUT2D eigenvalue weighted by Crippen LogP contribution is -2.27. The first-order chi connectivity index (χ1) is 14.5. The third-order valence-corrected chi connectivity index (χ3v) is 5.60. The summed E-state index contributed by atoms with van der Waals surface area (Å²) in [6, 6.07) is 11.5. The fourth-order valence-corrected chi connectivity index (χ4v) is 4.13. The van der Waals surface area contributed by atoms with Crippen LogP contribution in [0, 0.1) is 12.7 Å². The van der Waals surface area contributed by atoms with Crippen molar-refractivity contribution in [2.24, 2.45) is 0 Å². The summed E-state index contributed by atoms with van der Waals surface area (Å²) < 4.78 is 20.2. The molecule has 4 rings (SSSR count). The van der Waals surface area contributed by atoms with Crippen LogP contribution in [0.25, 0.3) is 21.3 Å². The van der Waals surface area contributed by atoms with Crippen LogP contribution in [0.1, 0.15) is 5.56 Å². The number of rotatable bonds is 5. The molecule has 0 fully saturated rings. The summed E-state index contributed by atoms with van der Waals surface area (Å²) in [6.45, 7) is 1.73. The quantitative estimate of drug-likeness (QED) is 0.522. The Labute approximate surface area is 175 Å². The molecule has 6 nitrogen and oxygen atoms in total. The zero-order chi connectivity index (χ0) is 21.3. The van der Waals surface area contributed by atoms with Crippen molar-refractivity contribution >= 4 is 33.1 Å². The van der Waals surface area contributed by atoms with Crippen LogP contribution in [-0.4, -0.2) is 22.6 Å². The molecule has 0 saturated heterocycles. The summed E-state index contributed by atoms with van der Waals surface area (Å²) in [5, 5.41) is 4.59. The second-order valence-electron chi connectivity index (χ2n) is 6.76. The van der Waals surface area contributed by atoms with E-state index in [-0.39, 0.29) is 23.8 Å². The molecule has 152 valence electrons. The third-order valence-electron chi connectivity index (χ3n) is 4.64. The number of hydrogen-bond donors (Lipinski definition) is 1. The summed E-state index contributed by atoms with van der Waals surface area (Å²) in [5.74, 6) is -0.153. The number of carbonyl (C=O) groups excluding carboxylic acids is 1. The zero-order valence-electron chi connectivity index (χ0n) is 16.3. The molecule has 2 aromatic carbocycles. The SMILES string of the molecule is COc1ccc(C)cc1NC(=O)Cn1cnc2c(-c3ccc(F)cc3)csc2c1=O. The number of anilines is 1. The summed E-state index contributed by atoms with van der Waals surface area (Å²) in [4.78, 5) is 29.8. The van der Waals surface area contributed by atoms with E-state index in [4.69, 9.17) is 4.74 Å². The van der Waals surface area contributed by atoms with E-state index in [1.165, 1.54) is 41.5 Å². The predicted octanol–water partition coefficient (Wildman–Crippen LogP) is 4.22. The number of thiophene rings is 1. The molecule has 8 heteroatoms. The maximum atomic E-state index is 13.2. The van der Waals surface area contributed by atoms with Gasteiger partial charge in [0.2, 0.25) is 5.91 Å². The van der Waals surface area contributed by atoms with Gasteiger partial charge in [0.1, 0.15) is 22.8 Å². The number of carbonyl (C=O) groups is 1. The predicted molar refractivity (Wildman–Crippen MR) is 116 cm³/mol. The van der Waals surface area contributed by atoms with Gasteiger partial charge < -0.3 is 10.1 Å². The third kappa shape index (κ3) is 3.81. The molecular weight excluding hydrogens is 405 g/mol. The average molecular weight is 423 g/mol. The van der Waals surface area contributed by atoms with Gasteiger partial charge in [-0.1, -0.05) is 18.2 Å². The zero-order valence-corrected chi connectivity index (χ0v) is 17.1. The molecule has 2 heterocycles. The minimum Gasteiger partial charge on any atom is -0.495 e. The Bertz CT molecular complexity index is 1300. The van der Waals surface area contributed by atoms with Gasteiger partial charge in [0, 0.05) is 10.9 Å². The highest BCUT2D eigenvalue weighted by Crippen LogP contribution is 2.30. The Morgan fingerprint density at radius 3 is 2.73 bits per heavy atom. The van der Waals surface area contributed by atoms with E-state index in [0.717, 1.165) is 16.7 Å². The number of aryl methyl sites for hydroxylation is 1. The number of halogens is 1. The number of hydrogen-bond acceptors (Lipinski definition) is 5. The average Bonchev–Trinajstić information content (AvgIpc) is 3.16. The monoisotopic (exact) mass is 423 g/mol. The van der Waals surface area contributed by atoms with E-state index in [9.17, 15) is 14.0 Å². The van der Waals surface area contributed by atoms with Crippen molar-refractivity contribution in [2.45, 2.75) is 13.5 Å². The molecule has 1 N–H and O–H groups in total. The summed E-state index contributed by atoms with van der Waals surface area (Å²) >= 11 is 1.25. The van der Waals surface area contributed by atoms with Gasteiger partial charge in [-0.25, -0.2) is 9.37 Å². The van der Waals surface area contributed by atoms with Crippen LogP contribution in [0.3, 0.4) is 0 Å². The minimum absolute atomic E-state index is 0.178. The van der Waals surface area contributed by atoms with Crippen molar-refractivity contribution in [3.63, 3.8) is 0 Å². The highest BCUT2D eigenvalue weighted by Gasteiger charge is 2.15. The van der Waals surface area contributed by atoms with Crippen LogP contribution in [0.5, 0.6) is 5.75 Å². The largest absolute Gasteiger partial charge is 0.495 e. The van der Waals surface area contributed by atoms with E-state index >= 15 is 0 Å². The smallest absolute Gasteiger partial charge is 0.271 e. The number of nitrogens with one attached hydrogen (secondary N) is 1. The van der Waals surface area contributed by atoms with E-state index in [0.29, 0.717) is 21.7 Å². The molecule has 30 heavy (non-hydrogen) atoms. The van der Waals surface area contributed by atoms with Crippen LogP contribution < -0.4 is 15.6 Å². The van der Waals surface area contributed by atoms with Gasteiger partial charge in [0.15, 0.2) is 0 Å². The number of fused-ring (bicyclic) bond motifs is 1. The van der Waals surface area contributed by atoms with Crippen LogP contribution in [0.15, 0.2) is 59.0 Å². The second-order valence-corrected chi connectivity index (χ2v) is 7.64. The van der Waals surface area contributed by atoms with Gasteiger partial charge in [-0.15, -0.1) is 11.3 Å². The number of methoxy groups -OCH3 is 1. The van der Waals surface area contributed by atoms with Gasteiger partial charge in [-0.2, -0.15) is 0 Å². The fraction of sp³-hybridized carbons (Fsp3) is 0.136. The number of amides is 1. The molecule has 0 aliphatic carbocycles.